The molecule has 0 amide bonds. The number of aromatic nitrogens is 1. The van der Waals surface area contributed by atoms with Gasteiger partial charge in [-0.1, -0.05) is 35.3 Å². The molecular formula is C24H23Cl2NO6S. The van der Waals surface area contributed by atoms with Crippen molar-refractivity contribution >= 4 is 38.8 Å². The molecule has 0 saturated heterocycles. The fourth-order valence-electron chi connectivity index (χ4n) is 3.30. The van der Waals surface area contributed by atoms with Crippen LogP contribution in [0, 0.1) is 0 Å². The van der Waals surface area contributed by atoms with Crippen LogP contribution in [0.5, 0.6) is 17.2 Å². The lowest BCUT2D eigenvalue weighted by atomic mass is 10.0. The molecule has 0 radical (unpaired) electrons. The summed E-state index contributed by atoms with van der Waals surface area (Å²) in [5.74, 6) is 0.656. The molecule has 3 rings (SSSR count). The number of nitrogens with zero attached hydrogens (tertiary/aromatic N) is 1. The van der Waals surface area contributed by atoms with Crippen LogP contribution in [-0.4, -0.2) is 46.3 Å². The number of benzene rings is 2. The molecule has 0 fully saturated rings. The zero-order valence-corrected chi connectivity index (χ0v) is 21.1. The van der Waals surface area contributed by atoms with E-state index in [0.29, 0.717) is 27.8 Å². The van der Waals surface area contributed by atoms with Gasteiger partial charge in [0.05, 0.1) is 41.3 Å². The minimum absolute atomic E-state index is 0.0566. The Bertz CT molecular complexity index is 1270. The lowest BCUT2D eigenvalue weighted by Crippen LogP contribution is -2.11. The standard InChI is InChI=1S/C24H23Cl2NO6S/c1-31-22-9-8-17(21(28)12-18-19(25)13-27-14-20(18)26)23(24(22)32-2)33-11-10-15-4-6-16(7-5-15)34(3,29)30/h4-9,13-14H,10-12H2,1-3H3. The van der Waals surface area contributed by atoms with Crippen LogP contribution in [0.4, 0.5) is 0 Å². The Labute approximate surface area is 208 Å². The summed E-state index contributed by atoms with van der Waals surface area (Å²) in [5.41, 5.74) is 1.63. The molecule has 7 nitrogen and oxygen atoms in total. The molecule has 0 aliphatic carbocycles. The van der Waals surface area contributed by atoms with E-state index in [1.807, 2.05) is 0 Å². The zero-order chi connectivity index (χ0) is 24.9. The summed E-state index contributed by atoms with van der Waals surface area (Å²) < 4.78 is 40.1. The first-order chi connectivity index (χ1) is 16.2. The molecule has 0 unspecified atom stereocenters. The predicted octanol–water partition coefficient (Wildman–Crippen LogP) is 4.86. The van der Waals surface area contributed by atoms with Crippen molar-refractivity contribution in [1.29, 1.82) is 0 Å². The number of ether oxygens (including phenoxy) is 3. The van der Waals surface area contributed by atoms with Gasteiger partial charge in [-0.3, -0.25) is 9.78 Å². The molecule has 0 atom stereocenters. The molecule has 2 aromatic carbocycles. The van der Waals surface area contributed by atoms with E-state index < -0.39 is 9.84 Å². The smallest absolute Gasteiger partial charge is 0.204 e. The number of sulfone groups is 1. The number of halogens is 2. The molecule has 0 saturated carbocycles. The predicted molar refractivity (Wildman–Crippen MR) is 131 cm³/mol. The molecule has 0 aliphatic rings. The van der Waals surface area contributed by atoms with Crippen molar-refractivity contribution in [3.63, 3.8) is 0 Å². The number of rotatable bonds is 10. The maximum atomic E-state index is 13.2. The molecule has 3 aromatic rings. The van der Waals surface area contributed by atoms with E-state index in [1.54, 1.807) is 36.4 Å². The number of hydrogen-bond donors (Lipinski definition) is 0. The van der Waals surface area contributed by atoms with Crippen LogP contribution in [0.25, 0.3) is 0 Å². The molecule has 180 valence electrons. The first kappa shape index (κ1) is 25.8. The number of carbonyl (C=O) groups is 1. The van der Waals surface area contributed by atoms with Crippen molar-refractivity contribution in [3.8, 4) is 17.2 Å². The lowest BCUT2D eigenvalue weighted by Gasteiger charge is -2.17. The van der Waals surface area contributed by atoms with Gasteiger partial charge in [0.25, 0.3) is 0 Å². The summed E-state index contributed by atoms with van der Waals surface area (Å²) in [7, 11) is -0.322. The van der Waals surface area contributed by atoms with Crippen LogP contribution in [0.3, 0.4) is 0 Å². The second-order valence-electron chi connectivity index (χ2n) is 7.37. The summed E-state index contributed by atoms with van der Waals surface area (Å²) >= 11 is 12.4. The largest absolute Gasteiger partial charge is 0.493 e. The van der Waals surface area contributed by atoms with Gasteiger partial charge in [0.2, 0.25) is 5.75 Å². The monoisotopic (exact) mass is 523 g/mol. The van der Waals surface area contributed by atoms with E-state index in [4.69, 9.17) is 37.4 Å². The molecule has 10 heteroatoms. The van der Waals surface area contributed by atoms with Crippen LogP contribution in [0.2, 0.25) is 10.0 Å². The SMILES string of the molecule is COc1ccc(C(=O)Cc2c(Cl)cncc2Cl)c(OCCc2ccc(S(C)(=O)=O)cc2)c1OC. The summed E-state index contributed by atoms with van der Waals surface area (Å²) in [4.78, 5) is 17.4. The second-order valence-corrected chi connectivity index (χ2v) is 10.2. The van der Waals surface area contributed by atoms with Crippen molar-refractivity contribution in [2.45, 2.75) is 17.7 Å². The molecule has 0 spiro atoms. The average molecular weight is 524 g/mol. The molecule has 0 bridgehead atoms. The highest BCUT2D eigenvalue weighted by Crippen LogP contribution is 2.41. The Kier molecular flexibility index (Phi) is 8.41. The number of carbonyl (C=O) groups excluding carboxylic acids is 1. The highest BCUT2D eigenvalue weighted by atomic mass is 35.5. The van der Waals surface area contributed by atoms with Crippen molar-refractivity contribution < 1.29 is 27.4 Å². The van der Waals surface area contributed by atoms with E-state index in [2.05, 4.69) is 4.98 Å². The van der Waals surface area contributed by atoms with Gasteiger partial charge in [-0.05, 0) is 29.8 Å². The zero-order valence-electron chi connectivity index (χ0n) is 18.8. The lowest BCUT2D eigenvalue weighted by molar-refractivity contribution is 0.0988. The van der Waals surface area contributed by atoms with Crippen LogP contribution in [-0.2, 0) is 22.7 Å². The van der Waals surface area contributed by atoms with Crippen LogP contribution in [0.15, 0.2) is 53.7 Å². The highest BCUT2D eigenvalue weighted by molar-refractivity contribution is 7.90. The van der Waals surface area contributed by atoms with Gasteiger partial charge in [-0.15, -0.1) is 0 Å². The fourth-order valence-corrected chi connectivity index (χ4v) is 4.43. The maximum Gasteiger partial charge on any atom is 0.204 e. The normalized spacial score (nSPS) is 11.2. The minimum atomic E-state index is -3.27. The highest BCUT2D eigenvalue weighted by Gasteiger charge is 2.23. The first-order valence-corrected chi connectivity index (χ1v) is 12.8. The summed E-state index contributed by atoms with van der Waals surface area (Å²) in [6.45, 7) is 0.207. The number of methoxy groups -OCH3 is 2. The number of pyridine rings is 1. The van der Waals surface area contributed by atoms with Crippen LogP contribution in [0.1, 0.15) is 21.5 Å². The molecule has 1 aromatic heterocycles. The van der Waals surface area contributed by atoms with E-state index in [0.717, 1.165) is 11.8 Å². The Morgan fingerprint density at radius 3 is 2.15 bits per heavy atom. The second kappa shape index (κ2) is 11.1. The van der Waals surface area contributed by atoms with Crippen molar-refractivity contribution in [1.82, 2.24) is 4.98 Å². The number of ketones is 1. The molecule has 0 aliphatic heterocycles. The summed E-state index contributed by atoms with van der Waals surface area (Å²) in [5, 5.41) is 0.586. The van der Waals surface area contributed by atoms with E-state index in [1.165, 1.54) is 26.6 Å². The Hall–Kier alpha value is -2.81. The van der Waals surface area contributed by atoms with E-state index in [-0.39, 0.29) is 40.8 Å². The first-order valence-electron chi connectivity index (χ1n) is 10.1. The number of hydrogen-bond acceptors (Lipinski definition) is 7. The van der Waals surface area contributed by atoms with Crippen LogP contribution >= 0.6 is 23.2 Å². The molecule has 34 heavy (non-hydrogen) atoms. The van der Waals surface area contributed by atoms with Crippen molar-refractivity contribution in [2.24, 2.45) is 0 Å². The third-order valence-corrected chi connectivity index (χ3v) is 6.86. The van der Waals surface area contributed by atoms with Crippen molar-refractivity contribution in [3.05, 3.63) is 75.5 Å². The third kappa shape index (κ3) is 6.00. The van der Waals surface area contributed by atoms with Gasteiger partial charge < -0.3 is 14.2 Å². The van der Waals surface area contributed by atoms with Gasteiger partial charge in [0.15, 0.2) is 27.1 Å². The average Bonchev–Trinajstić information content (AvgIpc) is 2.80. The van der Waals surface area contributed by atoms with Gasteiger partial charge in [0, 0.05) is 37.1 Å². The van der Waals surface area contributed by atoms with E-state index >= 15 is 0 Å². The quantitative estimate of drug-likeness (QED) is 0.350. The third-order valence-electron chi connectivity index (χ3n) is 5.08. The Morgan fingerprint density at radius 2 is 1.59 bits per heavy atom. The van der Waals surface area contributed by atoms with Gasteiger partial charge >= 0.3 is 0 Å². The molecule has 0 N–H and O–H groups in total. The molecular weight excluding hydrogens is 501 g/mol. The Balaban J connectivity index is 1.85. The minimum Gasteiger partial charge on any atom is -0.493 e. The van der Waals surface area contributed by atoms with Gasteiger partial charge in [0.1, 0.15) is 0 Å². The summed E-state index contributed by atoms with van der Waals surface area (Å²) in [6.07, 6.45) is 4.43. The number of Topliss-reactive ketones (excluding diaryl/α,β-unsaturated/α-hetero) is 1. The van der Waals surface area contributed by atoms with Crippen molar-refractivity contribution in [2.75, 3.05) is 27.1 Å². The van der Waals surface area contributed by atoms with E-state index in [9.17, 15) is 13.2 Å². The summed E-state index contributed by atoms with van der Waals surface area (Å²) in [6, 6.07) is 9.77. The van der Waals surface area contributed by atoms with Gasteiger partial charge in [-0.25, -0.2) is 8.42 Å². The van der Waals surface area contributed by atoms with Crippen LogP contribution < -0.4 is 14.2 Å². The maximum absolute atomic E-state index is 13.2. The fraction of sp³-hybridized carbons (Fsp3) is 0.250. The van der Waals surface area contributed by atoms with Gasteiger partial charge in [-0.2, -0.15) is 0 Å². The topological polar surface area (TPSA) is 91.8 Å². The molecule has 1 heterocycles. The Morgan fingerprint density at radius 1 is 0.941 bits per heavy atom.